The Morgan fingerprint density at radius 1 is 1.45 bits per heavy atom. The first-order chi connectivity index (χ1) is 9.61. The zero-order valence-corrected chi connectivity index (χ0v) is 12.0. The van der Waals surface area contributed by atoms with E-state index >= 15 is 0 Å². The summed E-state index contributed by atoms with van der Waals surface area (Å²) < 4.78 is 4.65. The number of amides is 1. The Bertz CT molecular complexity index is 513. The van der Waals surface area contributed by atoms with Crippen LogP contribution >= 0.6 is 11.6 Å². The summed E-state index contributed by atoms with van der Waals surface area (Å²) in [5, 5.41) is 6.31. The molecule has 0 bridgehead atoms. The van der Waals surface area contributed by atoms with Gasteiger partial charge in [0.2, 0.25) is 5.91 Å². The summed E-state index contributed by atoms with van der Waals surface area (Å²) in [6.07, 6.45) is 1.86. The first-order valence-electron chi connectivity index (χ1n) is 6.51. The van der Waals surface area contributed by atoms with Crippen molar-refractivity contribution < 1.29 is 14.3 Å². The molecule has 0 saturated carbocycles. The summed E-state index contributed by atoms with van der Waals surface area (Å²) in [4.78, 5) is 23.6. The maximum atomic E-state index is 12.1. The summed E-state index contributed by atoms with van der Waals surface area (Å²) in [5.41, 5.74) is 0.791. The quantitative estimate of drug-likeness (QED) is 0.838. The van der Waals surface area contributed by atoms with Gasteiger partial charge in [0.1, 0.15) is 0 Å². The Morgan fingerprint density at radius 2 is 2.25 bits per heavy atom. The molecule has 1 heterocycles. The number of carbonyl (C=O) groups excluding carboxylic acids is 2. The van der Waals surface area contributed by atoms with Gasteiger partial charge in [-0.05, 0) is 37.6 Å². The Labute approximate surface area is 122 Å². The van der Waals surface area contributed by atoms with Crippen LogP contribution in [0.3, 0.4) is 0 Å². The molecule has 1 aromatic carbocycles. The molecule has 1 aliphatic heterocycles. The summed E-state index contributed by atoms with van der Waals surface area (Å²) in [6, 6.07) is 4.77. The summed E-state index contributed by atoms with van der Waals surface area (Å²) in [6.45, 7) is 1.64. The molecule has 1 fully saturated rings. The predicted molar refractivity (Wildman–Crippen MR) is 77.0 cm³/mol. The maximum absolute atomic E-state index is 12.1. The van der Waals surface area contributed by atoms with Gasteiger partial charge in [-0.15, -0.1) is 0 Å². The minimum Gasteiger partial charge on any atom is -0.465 e. The number of hydrogen-bond acceptors (Lipinski definition) is 4. The van der Waals surface area contributed by atoms with Crippen LogP contribution in [0.25, 0.3) is 0 Å². The number of nitrogens with one attached hydrogen (secondary N) is 2. The van der Waals surface area contributed by atoms with E-state index in [0.29, 0.717) is 17.3 Å². The summed E-state index contributed by atoms with van der Waals surface area (Å²) in [7, 11) is 1.29. The number of ether oxygens (including phenoxy) is 1. The third-order valence-electron chi connectivity index (χ3n) is 3.31. The fourth-order valence-corrected chi connectivity index (χ4v) is 2.38. The van der Waals surface area contributed by atoms with E-state index < -0.39 is 5.97 Å². The van der Waals surface area contributed by atoms with Gasteiger partial charge < -0.3 is 15.4 Å². The van der Waals surface area contributed by atoms with E-state index in [1.165, 1.54) is 13.2 Å². The van der Waals surface area contributed by atoms with Gasteiger partial charge in [0.05, 0.1) is 23.6 Å². The van der Waals surface area contributed by atoms with E-state index in [4.69, 9.17) is 11.6 Å². The SMILES string of the molecule is COC(=O)c1cc(NC(=O)[C@@H]2CCCNC2)ccc1Cl. The lowest BCUT2D eigenvalue weighted by Gasteiger charge is -2.22. The molecule has 0 spiro atoms. The number of carbonyl (C=O) groups is 2. The molecule has 1 atom stereocenters. The molecular formula is C14H17ClN2O3. The molecule has 2 N–H and O–H groups in total. The lowest BCUT2D eigenvalue weighted by atomic mass is 9.99. The second-order valence-corrected chi connectivity index (χ2v) is 5.13. The number of halogens is 1. The molecule has 1 aromatic rings. The molecule has 0 aliphatic carbocycles. The molecule has 0 radical (unpaired) electrons. The highest BCUT2D eigenvalue weighted by Gasteiger charge is 2.21. The number of esters is 1. The van der Waals surface area contributed by atoms with Crippen molar-refractivity contribution in [2.75, 3.05) is 25.5 Å². The Balaban J connectivity index is 2.09. The monoisotopic (exact) mass is 296 g/mol. The average Bonchev–Trinajstić information content (AvgIpc) is 2.49. The van der Waals surface area contributed by atoms with E-state index in [1.54, 1.807) is 12.1 Å². The minimum absolute atomic E-state index is 0.0407. The maximum Gasteiger partial charge on any atom is 0.339 e. The minimum atomic E-state index is -0.523. The second-order valence-electron chi connectivity index (χ2n) is 4.72. The molecule has 1 saturated heterocycles. The van der Waals surface area contributed by atoms with Crippen LogP contribution < -0.4 is 10.6 Å². The van der Waals surface area contributed by atoms with Crippen molar-refractivity contribution in [2.45, 2.75) is 12.8 Å². The van der Waals surface area contributed by atoms with Crippen LogP contribution in [0.2, 0.25) is 5.02 Å². The number of anilines is 1. The third kappa shape index (κ3) is 3.49. The van der Waals surface area contributed by atoms with E-state index in [-0.39, 0.29) is 17.4 Å². The van der Waals surface area contributed by atoms with Crippen LogP contribution in [-0.4, -0.2) is 32.1 Å². The van der Waals surface area contributed by atoms with Gasteiger partial charge in [-0.2, -0.15) is 0 Å². The number of methoxy groups -OCH3 is 1. The highest BCUT2D eigenvalue weighted by molar-refractivity contribution is 6.33. The number of rotatable bonds is 3. The predicted octanol–water partition coefficient (Wildman–Crippen LogP) is 2.06. The fourth-order valence-electron chi connectivity index (χ4n) is 2.19. The van der Waals surface area contributed by atoms with Crippen LogP contribution in [0.4, 0.5) is 5.69 Å². The zero-order chi connectivity index (χ0) is 14.5. The number of benzene rings is 1. The van der Waals surface area contributed by atoms with Crippen molar-refractivity contribution >= 4 is 29.2 Å². The molecule has 6 heteroatoms. The largest absolute Gasteiger partial charge is 0.465 e. The molecule has 0 unspecified atom stereocenters. The van der Waals surface area contributed by atoms with Crippen LogP contribution in [0.5, 0.6) is 0 Å². The van der Waals surface area contributed by atoms with Crippen molar-refractivity contribution in [3.05, 3.63) is 28.8 Å². The number of piperidine rings is 1. The molecule has 5 nitrogen and oxygen atoms in total. The van der Waals surface area contributed by atoms with Gasteiger partial charge in [-0.3, -0.25) is 4.79 Å². The lowest BCUT2D eigenvalue weighted by Crippen LogP contribution is -2.37. The van der Waals surface area contributed by atoms with Crippen LogP contribution in [0, 0.1) is 5.92 Å². The van der Waals surface area contributed by atoms with Crippen molar-refractivity contribution in [3.8, 4) is 0 Å². The fraction of sp³-hybridized carbons (Fsp3) is 0.429. The van der Waals surface area contributed by atoms with Crippen LogP contribution in [0.1, 0.15) is 23.2 Å². The molecular weight excluding hydrogens is 280 g/mol. The molecule has 1 aliphatic rings. The Hall–Kier alpha value is -1.59. The summed E-state index contributed by atoms with van der Waals surface area (Å²) >= 11 is 5.93. The van der Waals surface area contributed by atoms with Crippen LogP contribution in [0.15, 0.2) is 18.2 Å². The van der Waals surface area contributed by atoms with Gasteiger partial charge in [0, 0.05) is 12.2 Å². The standard InChI is InChI=1S/C14H17ClN2O3/c1-20-14(19)11-7-10(4-5-12(11)15)17-13(18)9-3-2-6-16-8-9/h4-5,7,9,16H,2-3,6,8H2,1H3,(H,17,18)/t9-/m1/s1. The smallest absolute Gasteiger partial charge is 0.339 e. The topological polar surface area (TPSA) is 67.4 Å². The van der Waals surface area contributed by atoms with E-state index in [2.05, 4.69) is 15.4 Å². The molecule has 20 heavy (non-hydrogen) atoms. The van der Waals surface area contributed by atoms with Gasteiger partial charge in [-0.25, -0.2) is 4.79 Å². The average molecular weight is 297 g/mol. The molecule has 1 amide bonds. The van der Waals surface area contributed by atoms with Crippen molar-refractivity contribution in [1.29, 1.82) is 0 Å². The molecule has 0 aromatic heterocycles. The molecule has 108 valence electrons. The number of hydrogen-bond donors (Lipinski definition) is 2. The highest BCUT2D eigenvalue weighted by Crippen LogP contribution is 2.22. The van der Waals surface area contributed by atoms with Crippen molar-refractivity contribution in [3.63, 3.8) is 0 Å². The Kier molecular flexibility index (Phi) is 4.98. The first kappa shape index (κ1) is 14.8. The second kappa shape index (κ2) is 6.72. The van der Waals surface area contributed by atoms with Gasteiger partial charge in [0.25, 0.3) is 0 Å². The summed E-state index contributed by atoms with van der Waals surface area (Å²) in [5.74, 6) is -0.609. The van der Waals surface area contributed by atoms with E-state index in [9.17, 15) is 9.59 Å². The van der Waals surface area contributed by atoms with Gasteiger partial charge >= 0.3 is 5.97 Å². The van der Waals surface area contributed by atoms with Gasteiger partial charge in [-0.1, -0.05) is 11.6 Å². The van der Waals surface area contributed by atoms with E-state index in [0.717, 1.165) is 19.4 Å². The van der Waals surface area contributed by atoms with Gasteiger partial charge in [0.15, 0.2) is 0 Å². The first-order valence-corrected chi connectivity index (χ1v) is 6.89. The normalized spacial score (nSPS) is 18.4. The Morgan fingerprint density at radius 3 is 2.90 bits per heavy atom. The molecule has 2 rings (SSSR count). The highest BCUT2D eigenvalue weighted by atomic mass is 35.5. The van der Waals surface area contributed by atoms with Crippen LogP contribution in [-0.2, 0) is 9.53 Å². The van der Waals surface area contributed by atoms with E-state index in [1.807, 2.05) is 0 Å². The van der Waals surface area contributed by atoms with Crippen molar-refractivity contribution in [1.82, 2.24) is 5.32 Å². The lowest BCUT2D eigenvalue weighted by molar-refractivity contribution is -0.120. The van der Waals surface area contributed by atoms with Crippen molar-refractivity contribution in [2.24, 2.45) is 5.92 Å². The third-order valence-corrected chi connectivity index (χ3v) is 3.64. The zero-order valence-electron chi connectivity index (χ0n) is 11.2.